The number of para-hydroxylation sites is 1. The first-order valence-electron chi connectivity index (χ1n) is 6.09. The molecule has 0 spiro atoms. The van der Waals surface area contributed by atoms with Gasteiger partial charge in [-0.15, -0.1) is 0 Å². The Morgan fingerprint density at radius 2 is 1.90 bits per heavy atom. The van der Waals surface area contributed by atoms with Gasteiger partial charge in [0.1, 0.15) is 5.69 Å². The molecule has 0 atom stereocenters. The molecule has 0 unspecified atom stereocenters. The molecular formula is C14H10N4O3. The lowest BCUT2D eigenvalue weighted by Gasteiger charge is -2.02. The molecule has 0 saturated carbocycles. The van der Waals surface area contributed by atoms with Crippen molar-refractivity contribution in [2.24, 2.45) is 0 Å². The maximum atomic E-state index is 11.1. The molecule has 3 aromatic rings. The minimum absolute atomic E-state index is 0.0667. The van der Waals surface area contributed by atoms with Gasteiger partial charge in [0.05, 0.1) is 21.7 Å². The van der Waals surface area contributed by atoms with Crippen molar-refractivity contribution in [3.63, 3.8) is 0 Å². The van der Waals surface area contributed by atoms with Gasteiger partial charge in [-0.2, -0.15) is 0 Å². The molecule has 0 aliphatic carbocycles. The highest BCUT2D eigenvalue weighted by Crippen LogP contribution is 2.38. The topological polar surface area (TPSA) is 108 Å². The first kappa shape index (κ1) is 12.8. The van der Waals surface area contributed by atoms with Crippen molar-refractivity contribution >= 4 is 11.6 Å². The highest BCUT2D eigenvalue weighted by molar-refractivity contribution is 5.88. The first-order valence-corrected chi connectivity index (χ1v) is 6.09. The third-order valence-corrected chi connectivity index (χ3v) is 3.00. The third kappa shape index (κ3) is 2.20. The smallest absolute Gasteiger partial charge is 0.278 e. The van der Waals surface area contributed by atoms with Crippen molar-refractivity contribution in [3.8, 4) is 22.5 Å². The molecule has 7 heteroatoms. The number of nitrogens with zero attached hydrogens (tertiary/aromatic N) is 3. The van der Waals surface area contributed by atoms with Gasteiger partial charge in [0.25, 0.3) is 5.69 Å². The minimum Gasteiger partial charge on any atom is -0.367 e. The molecular weight excluding hydrogens is 272 g/mol. The minimum atomic E-state index is -0.470. The Balaban J connectivity index is 2.25. The number of nitro benzene ring substituents is 1. The number of aromatic nitrogens is 2. The van der Waals surface area contributed by atoms with Gasteiger partial charge in [0, 0.05) is 12.3 Å². The summed E-state index contributed by atoms with van der Waals surface area (Å²) in [4.78, 5) is 14.9. The van der Waals surface area contributed by atoms with Gasteiger partial charge < -0.3 is 10.3 Å². The van der Waals surface area contributed by atoms with Crippen LogP contribution in [0.1, 0.15) is 0 Å². The summed E-state index contributed by atoms with van der Waals surface area (Å²) in [5.41, 5.74) is 7.37. The summed E-state index contributed by atoms with van der Waals surface area (Å²) < 4.78 is 5.00. The highest BCUT2D eigenvalue weighted by atomic mass is 16.6. The molecule has 0 fully saturated rings. The average molecular weight is 282 g/mol. The van der Waals surface area contributed by atoms with Crippen LogP contribution in [0.3, 0.4) is 0 Å². The number of pyridine rings is 1. The second-order valence-corrected chi connectivity index (χ2v) is 4.26. The third-order valence-electron chi connectivity index (χ3n) is 3.00. The molecule has 2 N–H and O–H groups in total. The number of nitro groups is 1. The van der Waals surface area contributed by atoms with Crippen LogP contribution in [0, 0.1) is 10.1 Å². The van der Waals surface area contributed by atoms with Crippen LogP contribution < -0.4 is 5.73 Å². The summed E-state index contributed by atoms with van der Waals surface area (Å²) in [5, 5.41) is 15.0. The monoisotopic (exact) mass is 282 g/mol. The van der Waals surface area contributed by atoms with Crippen LogP contribution in [0.4, 0.5) is 11.6 Å². The lowest BCUT2D eigenvalue weighted by Crippen LogP contribution is -1.94. The fourth-order valence-electron chi connectivity index (χ4n) is 2.08. The Morgan fingerprint density at radius 3 is 2.62 bits per heavy atom. The highest BCUT2D eigenvalue weighted by Gasteiger charge is 2.24. The molecule has 7 nitrogen and oxygen atoms in total. The van der Waals surface area contributed by atoms with Gasteiger partial charge in [0.2, 0.25) is 5.88 Å². The van der Waals surface area contributed by atoms with Gasteiger partial charge in [0.15, 0.2) is 0 Å². The number of hydrogen-bond acceptors (Lipinski definition) is 6. The summed E-state index contributed by atoms with van der Waals surface area (Å²) in [7, 11) is 0. The Labute approximate surface area is 119 Å². The summed E-state index contributed by atoms with van der Waals surface area (Å²) in [6.07, 6.45) is 1.60. The van der Waals surface area contributed by atoms with Crippen molar-refractivity contribution in [1.82, 2.24) is 10.1 Å². The number of hydrogen-bond donors (Lipinski definition) is 1. The van der Waals surface area contributed by atoms with Crippen molar-refractivity contribution < 1.29 is 9.45 Å². The van der Waals surface area contributed by atoms with Crippen molar-refractivity contribution in [2.45, 2.75) is 0 Å². The number of anilines is 1. The summed E-state index contributed by atoms with van der Waals surface area (Å²) >= 11 is 0. The van der Waals surface area contributed by atoms with Crippen molar-refractivity contribution in [3.05, 3.63) is 58.8 Å². The van der Waals surface area contributed by atoms with Crippen LogP contribution in [-0.2, 0) is 0 Å². The fraction of sp³-hybridized carbons (Fsp3) is 0. The van der Waals surface area contributed by atoms with Gasteiger partial charge in [-0.25, -0.2) is 0 Å². The normalized spacial score (nSPS) is 10.5. The molecule has 104 valence electrons. The zero-order valence-corrected chi connectivity index (χ0v) is 10.8. The SMILES string of the molecule is Nc1onc(-c2ccccc2[N+](=O)[O-])c1-c1ccccn1. The summed E-state index contributed by atoms with van der Waals surface area (Å²) in [6.45, 7) is 0. The first-order chi connectivity index (χ1) is 10.2. The number of benzene rings is 1. The summed E-state index contributed by atoms with van der Waals surface area (Å²) in [5.74, 6) is 0.0712. The average Bonchev–Trinajstić information content (AvgIpc) is 2.89. The van der Waals surface area contributed by atoms with E-state index in [9.17, 15) is 10.1 Å². The maximum Gasteiger partial charge on any atom is 0.278 e. The van der Waals surface area contributed by atoms with Gasteiger partial charge in [-0.1, -0.05) is 23.4 Å². The van der Waals surface area contributed by atoms with Crippen molar-refractivity contribution in [1.29, 1.82) is 0 Å². The van der Waals surface area contributed by atoms with E-state index in [1.165, 1.54) is 6.07 Å². The van der Waals surface area contributed by atoms with E-state index in [0.717, 1.165) is 0 Å². The Hall–Kier alpha value is -3.22. The maximum absolute atomic E-state index is 11.1. The summed E-state index contributed by atoms with van der Waals surface area (Å²) in [6, 6.07) is 11.6. The lowest BCUT2D eigenvalue weighted by molar-refractivity contribution is -0.384. The molecule has 0 aliphatic rings. The molecule has 0 bridgehead atoms. The van der Waals surface area contributed by atoms with Gasteiger partial charge in [-0.05, 0) is 18.2 Å². The van der Waals surface area contributed by atoms with Crippen LogP contribution in [0.25, 0.3) is 22.5 Å². The standard InChI is InChI=1S/C14H10N4O3/c15-14-12(10-6-3-4-8-16-10)13(17-21-14)9-5-1-2-7-11(9)18(19)20/h1-8H,15H2. The largest absolute Gasteiger partial charge is 0.367 e. The molecule has 2 heterocycles. The second kappa shape index (κ2) is 5.04. The molecule has 1 aromatic carbocycles. The molecule has 0 saturated heterocycles. The Kier molecular flexibility index (Phi) is 3.07. The molecule has 0 radical (unpaired) electrons. The predicted molar refractivity (Wildman–Crippen MR) is 76.2 cm³/mol. The van der Waals surface area contributed by atoms with E-state index in [0.29, 0.717) is 22.5 Å². The molecule has 3 rings (SSSR count). The van der Waals surface area contributed by atoms with E-state index in [1.54, 1.807) is 42.6 Å². The van der Waals surface area contributed by atoms with Gasteiger partial charge in [-0.3, -0.25) is 15.1 Å². The molecule has 0 amide bonds. The van der Waals surface area contributed by atoms with Gasteiger partial charge >= 0.3 is 0 Å². The van der Waals surface area contributed by atoms with Crippen LogP contribution in [-0.4, -0.2) is 15.1 Å². The van der Waals surface area contributed by atoms with E-state index in [1.807, 2.05) is 0 Å². The fourth-order valence-corrected chi connectivity index (χ4v) is 2.08. The second-order valence-electron chi connectivity index (χ2n) is 4.26. The Bertz CT molecular complexity index is 799. The number of nitrogens with two attached hydrogens (primary N) is 1. The number of rotatable bonds is 3. The Morgan fingerprint density at radius 1 is 1.14 bits per heavy atom. The van der Waals surface area contributed by atoms with E-state index in [2.05, 4.69) is 10.1 Å². The van der Waals surface area contributed by atoms with E-state index in [-0.39, 0.29) is 11.6 Å². The molecule has 0 aliphatic heterocycles. The van der Waals surface area contributed by atoms with E-state index < -0.39 is 4.92 Å². The van der Waals surface area contributed by atoms with Crippen LogP contribution in [0.15, 0.2) is 53.2 Å². The zero-order valence-electron chi connectivity index (χ0n) is 10.8. The van der Waals surface area contributed by atoms with Crippen LogP contribution in [0.2, 0.25) is 0 Å². The lowest BCUT2D eigenvalue weighted by atomic mass is 10.0. The van der Waals surface area contributed by atoms with Crippen LogP contribution >= 0.6 is 0 Å². The number of nitrogen functional groups attached to an aromatic ring is 1. The van der Waals surface area contributed by atoms with E-state index >= 15 is 0 Å². The molecule has 21 heavy (non-hydrogen) atoms. The van der Waals surface area contributed by atoms with E-state index in [4.69, 9.17) is 10.3 Å². The quantitative estimate of drug-likeness (QED) is 0.584. The molecule has 2 aromatic heterocycles. The predicted octanol–water partition coefficient (Wildman–Crippen LogP) is 2.89. The van der Waals surface area contributed by atoms with Crippen LogP contribution in [0.5, 0.6) is 0 Å². The zero-order chi connectivity index (χ0) is 14.8. The van der Waals surface area contributed by atoms with Crippen molar-refractivity contribution in [2.75, 3.05) is 5.73 Å².